The minimum Gasteiger partial charge on any atom is -0.358 e. The molecule has 1 atom stereocenters. The first-order valence-electron chi connectivity index (χ1n) is 8.60. The standard InChI is InChI=1S/C19H27N3O/c1-12-8-16(19-17(9-12)13(2)14(3)22-19)11-21-18(23)5-4-15-6-7-20-10-15/h8-9,15,20,22H,4-7,10-11H2,1-3H3,(H,21,23). The number of fused-ring (bicyclic) bond motifs is 1. The minimum atomic E-state index is 0.159. The van der Waals surface area contributed by atoms with Gasteiger partial charge in [-0.3, -0.25) is 4.79 Å². The van der Waals surface area contributed by atoms with Crippen LogP contribution in [-0.2, 0) is 11.3 Å². The Morgan fingerprint density at radius 3 is 2.87 bits per heavy atom. The fraction of sp³-hybridized carbons (Fsp3) is 0.526. The molecule has 2 heterocycles. The predicted octanol–water partition coefficient (Wildman–Crippen LogP) is 3.10. The highest BCUT2D eigenvalue weighted by Crippen LogP contribution is 2.26. The first kappa shape index (κ1) is 16.1. The number of carbonyl (C=O) groups is 1. The average molecular weight is 313 g/mol. The van der Waals surface area contributed by atoms with Crippen molar-refractivity contribution in [1.82, 2.24) is 15.6 Å². The van der Waals surface area contributed by atoms with Crippen LogP contribution in [0.25, 0.3) is 10.9 Å². The van der Waals surface area contributed by atoms with Gasteiger partial charge in [-0.05, 0) is 69.8 Å². The Balaban J connectivity index is 1.64. The van der Waals surface area contributed by atoms with Gasteiger partial charge in [0.25, 0.3) is 0 Å². The molecule has 3 rings (SSSR count). The maximum Gasteiger partial charge on any atom is 0.220 e. The summed E-state index contributed by atoms with van der Waals surface area (Å²) in [5, 5.41) is 7.71. The second kappa shape index (κ2) is 6.75. The highest BCUT2D eigenvalue weighted by Gasteiger charge is 2.16. The molecule has 0 aliphatic carbocycles. The molecule has 1 aromatic carbocycles. The van der Waals surface area contributed by atoms with Gasteiger partial charge < -0.3 is 15.6 Å². The summed E-state index contributed by atoms with van der Waals surface area (Å²) in [6.45, 7) is 9.11. The molecule has 0 bridgehead atoms. The molecule has 4 nitrogen and oxygen atoms in total. The van der Waals surface area contributed by atoms with Gasteiger partial charge in [0.05, 0.1) is 5.52 Å². The van der Waals surface area contributed by atoms with E-state index in [1.807, 2.05) is 0 Å². The zero-order chi connectivity index (χ0) is 16.4. The summed E-state index contributed by atoms with van der Waals surface area (Å²) in [5.74, 6) is 0.826. The lowest BCUT2D eigenvalue weighted by molar-refractivity contribution is -0.121. The van der Waals surface area contributed by atoms with Crippen LogP contribution in [0.4, 0.5) is 0 Å². The fourth-order valence-electron chi connectivity index (χ4n) is 3.51. The Morgan fingerprint density at radius 1 is 1.30 bits per heavy atom. The van der Waals surface area contributed by atoms with Gasteiger partial charge in [0.2, 0.25) is 5.91 Å². The zero-order valence-corrected chi connectivity index (χ0v) is 14.4. The van der Waals surface area contributed by atoms with E-state index in [9.17, 15) is 4.79 Å². The molecule has 0 saturated carbocycles. The van der Waals surface area contributed by atoms with Crippen molar-refractivity contribution in [2.24, 2.45) is 5.92 Å². The molecule has 1 saturated heterocycles. The first-order valence-corrected chi connectivity index (χ1v) is 8.60. The van der Waals surface area contributed by atoms with Crippen LogP contribution in [0.15, 0.2) is 12.1 Å². The Hall–Kier alpha value is -1.81. The second-order valence-corrected chi connectivity index (χ2v) is 6.90. The molecule has 1 unspecified atom stereocenters. The van der Waals surface area contributed by atoms with Gasteiger partial charge in [0.15, 0.2) is 0 Å². The molecular weight excluding hydrogens is 286 g/mol. The van der Waals surface area contributed by atoms with E-state index in [2.05, 4.69) is 48.5 Å². The van der Waals surface area contributed by atoms with Gasteiger partial charge in [-0.1, -0.05) is 11.6 Å². The summed E-state index contributed by atoms with van der Waals surface area (Å²) in [5.41, 5.74) is 6.07. The number of carbonyl (C=O) groups excluding carboxylic acids is 1. The molecule has 0 radical (unpaired) electrons. The molecule has 1 amide bonds. The SMILES string of the molecule is Cc1cc(CNC(=O)CCC2CCNC2)c2[nH]c(C)c(C)c2c1. The molecule has 4 heteroatoms. The highest BCUT2D eigenvalue weighted by atomic mass is 16.1. The van der Waals surface area contributed by atoms with Crippen molar-refractivity contribution >= 4 is 16.8 Å². The number of hydrogen-bond donors (Lipinski definition) is 3. The molecule has 1 aromatic heterocycles. The maximum atomic E-state index is 12.1. The number of aromatic amines is 1. The topological polar surface area (TPSA) is 56.9 Å². The molecule has 124 valence electrons. The predicted molar refractivity (Wildman–Crippen MR) is 94.6 cm³/mol. The zero-order valence-electron chi connectivity index (χ0n) is 14.4. The summed E-state index contributed by atoms with van der Waals surface area (Å²) in [6.07, 6.45) is 2.82. The third-order valence-electron chi connectivity index (χ3n) is 5.06. The second-order valence-electron chi connectivity index (χ2n) is 6.90. The van der Waals surface area contributed by atoms with E-state index < -0.39 is 0 Å². The minimum absolute atomic E-state index is 0.159. The average Bonchev–Trinajstić information content (AvgIpc) is 3.13. The quantitative estimate of drug-likeness (QED) is 0.794. The largest absolute Gasteiger partial charge is 0.358 e. The van der Waals surface area contributed by atoms with E-state index in [1.165, 1.54) is 34.2 Å². The van der Waals surface area contributed by atoms with Crippen molar-refractivity contribution in [3.8, 4) is 0 Å². The molecule has 1 fully saturated rings. The molecule has 1 aliphatic heterocycles. The van der Waals surface area contributed by atoms with E-state index in [-0.39, 0.29) is 5.91 Å². The van der Waals surface area contributed by atoms with Crippen molar-refractivity contribution in [2.75, 3.05) is 13.1 Å². The van der Waals surface area contributed by atoms with Crippen LogP contribution < -0.4 is 10.6 Å². The van der Waals surface area contributed by atoms with Gasteiger partial charge in [-0.25, -0.2) is 0 Å². The molecular formula is C19H27N3O. The first-order chi connectivity index (χ1) is 11.0. The van der Waals surface area contributed by atoms with Crippen LogP contribution in [0.2, 0.25) is 0 Å². The van der Waals surface area contributed by atoms with E-state index >= 15 is 0 Å². The Morgan fingerprint density at radius 2 is 2.13 bits per heavy atom. The number of aromatic nitrogens is 1. The fourth-order valence-corrected chi connectivity index (χ4v) is 3.51. The summed E-state index contributed by atoms with van der Waals surface area (Å²) in [7, 11) is 0. The summed E-state index contributed by atoms with van der Waals surface area (Å²) in [6, 6.07) is 4.38. The van der Waals surface area contributed by atoms with Crippen molar-refractivity contribution in [2.45, 2.75) is 46.6 Å². The molecule has 23 heavy (non-hydrogen) atoms. The van der Waals surface area contributed by atoms with Gasteiger partial charge in [-0.15, -0.1) is 0 Å². The number of rotatable bonds is 5. The van der Waals surface area contributed by atoms with Crippen molar-refractivity contribution in [1.29, 1.82) is 0 Å². The third kappa shape index (κ3) is 3.58. The normalized spacial score (nSPS) is 17.8. The smallest absolute Gasteiger partial charge is 0.220 e. The van der Waals surface area contributed by atoms with E-state index in [0.717, 1.165) is 25.0 Å². The number of benzene rings is 1. The van der Waals surface area contributed by atoms with E-state index in [4.69, 9.17) is 0 Å². The molecule has 3 N–H and O–H groups in total. The lowest BCUT2D eigenvalue weighted by Gasteiger charge is -2.10. The molecule has 2 aromatic rings. The number of hydrogen-bond acceptors (Lipinski definition) is 2. The van der Waals surface area contributed by atoms with Crippen LogP contribution in [0.5, 0.6) is 0 Å². The molecule has 0 spiro atoms. The van der Waals surface area contributed by atoms with Crippen molar-refractivity contribution < 1.29 is 4.79 Å². The van der Waals surface area contributed by atoms with Crippen LogP contribution in [0, 0.1) is 26.7 Å². The number of nitrogens with one attached hydrogen (secondary N) is 3. The Bertz CT molecular complexity index is 711. The summed E-state index contributed by atoms with van der Waals surface area (Å²) in [4.78, 5) is 15.6. The van der Waals surface area contributed by atoms with Crippen LogP contribution in [0.3, 0.4) is 0 Å². The van der Waals surface area contributed by atoms with Gasteiger partial charge in [0, 0.05) is 24.0 Å². The summed E-state index contributed by atoms with van der Waals surface area (Å²) >= 11 is 0. The molecule has 1 aliphatic rings. The Labute approximate surface area is 138 Å². The lowest BCUT2D eigenvalue weighted by atomic mass is 10.0. The van der Waals surface area contributed by atoms with Gasteiger partial charge in [0.1, 0.15) is 0 Å². The number of H-pyrrole nitrogens is 1. The Kier molecular flexibility index (Phi) is 4.71. The highest BCUT2D eigenvalue weighted by molar-refractivity contribution is 5.88. The summed E-state index contributed by atoms with van der Waals surface area (Å²) < 4.78 is 0. The maximum absolute atomic E-state index is 12.1. The van der Waals surface area contributed by atoms with Crippen LogP contribution >= 0.6 is 0 Å². The van der Waals surface area contributed by atoms with E-state index in [1.54, 1.807) is 0 Å². The van der Waals surface area contributed by atoms with Crippen molar-refractivity contribution in [3.05, 3.63) is 34.5 Å². The van der Waals surface area contributed by atoms with Crippen LogP contribution in [-0.4, -0.2) is 24.0 Å². The van der Waals surface area contributed by atoms with Crippen LogP contribution in [0.1, 0.15) is 41.6 Å². The van der Waals surface area contributed by atoms with Gasteiger partial charge >= 0.3 is 0 Å². The monoisotopic (exact) mass is 313 g/mol. The number of amides is 1. The van der Waals surface area contributed by atoms with Gasteiger partial charge in [-0.2, -0.15) is 0 Å². The third-order valence-corrected chi connectivity index (χ3v) is 5.06. The number of aryl methyl sites for hydroxylation is 3. The lowest BCUT2D eigenvalue weighted by Crippen LogP contribution is -2.23. The van der Waals surface area contributed by atoms with Crippen molar-refractivity contribution in [3.63, 3.8) is 0 Å². The van der Waals surface area contributed by atoms with E-state index in [0.29, 0.717) is 18.9 Å².